The van der Waals surface area contributed by atoms with Crippen LogP contribution in [0.4, 0.5) is 5.69 Å². The van der Waals surface area contributed by atoms with Crippen molar-refractivity contribution in [3.63, 3.8) is 0 Å². The van der Waals surface area contributed by atoms with Gasteiger partial charge < -0.3 is 14.9 Å². The van der Waals surface area contributed by atoms with E-state index in [2.05, 4.69) is 4.98 Å². The number of rotatable bonds is 5. The number of oxazole rings is 1. The SMILES string of the molecule is COCCS(=O)Cc1nc2c(N)cccc2o1. The van der Waals surface area contributed by atoms with Gasteiger partial charge in [-0.15, -0.1) is 0 Å². The smallest absolute Gasteiger partial charge is 0.208 e. The number of anilines is 1. The summed E-state index contributed by atoms with van der Waals surface area (Å²) >= 11 is 0. The Morgan fingerprint density at radius 2 is 2.35 bits per heavy atom. The second-order valence-electron chi connectivity index (χ2n) is 3.58. The molecule has 0 spiro atoms. The van der Waals surface area contributed by atoms with Gasteiger partial charge in [0.2, 0.25) is 5.89 Å². The molecule has 5 nitrogen and oxygen atoms in total. The lowest BCUT2D eigenvalue weighted by Gasteiger charge is -1.97. The van der Waals surface area contributed by atoms with Crippen LogP contribution in [0.25, 0.3) is 11.1 Å². The van der Waals surface area contributed by atoms with Gasteiger partial charge in [0, 0.05) is 23.7 Å². The lowest BCUT2D eigenvalue weighted by atomic mass is 10.3. The first-order valence-corrected chi connectivity index (χ1v) is 6.67. The van der Waals surface area contributed by atoms with E-state index in [1.165, 1.54) is 0 Å². The molecular weight excluding hydrogens is 240 g/mol. The van der Waals surface area contributed by atoms with E-state index in [1.807, 2.05) is 0 Å². The molecule has 17 heavy (non-hydrogen) atoms. The summed E-state index contributed by atoms with van der Waals surface area (Å²) in [5, 5.41) is 0. The van der Waals surface area contributed by atoms with Gasteiger partial charge in [-0.2, -0.15) is 0 Å². The number of aromatic nitrogens is 1. The highest BCUT2D eigenvalue weighted by Gasteiger charge is 2.10. The number of fused-ring (bicyclic) bond motifs is 1. The molecule has 1 unspecified atom stereocenters. The van der Waals surface area contributed by atoms with Gasteiger partial charge >= 0.3 is 0 Å². The highest BCUT2D eigenvalue weighted by Crippen LogP contribution is 2.21. The Morgan fingerprint density at radius 3 is 3.06 bits per heavy atom. The molecule has 0 fully saturated rings. The molecule has 1 aromatic carbocycles. The average molecular weight is 254 g/mol. The van der Waals surface area contributed by atoms with Crippen LogP contribution in [0.3, 0.4) is 0 Å². The summed E-state index contributed by atoms with van der Waals surface area (Å²) < 4.78 is 22.0. The molecule has 0 bridgehead atoms. The van der Waals surface area contributed by atoms with Crippen molar-refractivity contribution in [1.82, 2.24) is 4.98 Å². The van der Waals surface area contributed by atoms with Gasteiger partial charge in [0.1, 0.15) is 11.3 Å². The first kappa shape index (κ1) is 12.1. The second-order valence-corrected chi connectivity index (χ2v) is 5.16. The van der Waals surface area contributed by atoms with Gasteiger partial charge in [0.05, 0.1) is 12.3 Å². The summed E-state index contributed by atoms with van der Waals surface area (Å²) in [5.41, 5.74) is 7.59. The van der Waals surface area contributed by atoms with E-state index in [-0.39, 0.29) is 5.75 Å². The summed E-state index contributed by atoms with van der Waals surface area (Å²) in [4.78, 5) is 4.23. The molecule has 2 rings (SSSR count). The van der Waals surface area contributed by atoms with E-state index in [0.29, 0.717) is 35.0 Å². The van der Waals surface area contributed by atoms with Crippen LogP contribution < -0.4 is 5.73 Å². The molecule has 2 aromatic rings. The van der Waals surface area contributed by atoms with Crippen molar-refractivity contribution in [3.8, 4) is 0 Å². The van der Waals surface area contributed by atoms with Gasteiger partial charge in [-0.1, -0.05) is 6.07 Å². The van der Waals surface area contributed by atoms with Crippen LogP contribution in [0.1, 0.15) is 5.89 Å². The third-order valence-electron chi connectivity index (χ3n) is 2.29. The normalized spacial score (nSPS) is 13.0. The quantitative estimate of drug-likeness (QED) is 0.814. The minimum Gasteiger partial charge on any atom is -0.440 e. The van der Waals surface area contributed by atoms with Crippen molar-refractivity contribution >= 4 is 27.6 Å². The lowest BCUT2D eigenvalue weighted by Crippen LogP contribution is -2.06. The van der Waals surface area contributed by atoms with Gasteiger partial charge in [-0.25, -0.2) is 4.98 Å². The minimum absolute atomic E-state index is 0.289. The molecule has 0 saturated heterocycles. The Balaban J connectivity index is 2.14. The number of methoxy groups -OCH3 is 1. The Morgan fingerprint density at radius 1 is 1.53 bits per heavy atom. The number of benzene rings is 1. The van der Waals surface area contributed by atoms with Crippen molar-refractivity contribution < 1.29 is 13.4 Å². The number of para-hydroxylation sites is 1. The Hall–Kier alpha value is -1.40. The highest BCUT2D eigenvalue weighted by molar-refractivity contribution is 7.84. The zero-order valence-corrected chi connectivity index (χ0v) is 10.3. The zero-order chi connectivity index (χ0) is 12.3. The van der Waals surface area contributed by atoms with E-state index >= 15 is 0 Å². The van der Waals surface area contributed by atoms with Crippen LogP contribution in [-0.4, -0.2) is 28.7 Å². The standard InChI is InChI=1S/C11H14N2O3S/c1-15-5-6-17(14)7-10-13-11-8(12)3-2-4-9(11)16-10/h2-4H,5-7,12H2,1H3. The zero-order valence-electron chi connectivity index (χ0n) is 9.51. The third-order valence-corrected chi connectivity index (χ3v) is 3.49. The van der Waals surface area contributed by atoms with Crippen LogP contribution >= 0.6 is 0 Å². The molecule has 6 heteroatoms. The average Bonchev–Trinajstić information content (AvgIpc) is 2.70. The summed E-state index contributed by atoms with van der Waals surface area (Å²) in [6, 6.07) is 5.35. The molecule has 0 amide bonds. The summed E-state index contributed by atoms with van der Waals surface area (Å²) in [6.45, 7) is 0.467. The van der Waals surface area contributed by atoms with Crippen molar-refractivity contribution in [2.75, 3.05) is 25.2 Å². The molecule has 0 aliphatic heterocycles. The van der Waals surface area contributed by atoms with Crippen molar-refractivity contribution in [1.29, 1.82) is 0 Å². The van der Waals surface area contributed by atoms with Gasteiger partial charge in [0.15, 0.2) is 5.58 Å². The van der Waals surface area contributed by atoms with Crippen molar-refractivity contribution in [2.45, 2.75) is 5.75 Å². The number of nitrogen functional groups attached to an aromatic ring is 1. The highest BCUT2D eigenvalue weighted by atomic mass is 32.2. The van der Waals surface area contributed by atoms with E-state index in [4.69, 9.17) is 14.9 Å². The van der Waals surface area contributed by atoms with Crippen LogP contribution in [0.15, 0.2) is 22.6 Å². The van der Waals surface area contributed by atoms with Gasteiger partial charge in [0.25, 0.3) is 0 Å². The number of ether oxygens (including phenoxy) is 1. The predicted molar refractivity (Wildman–Crippen MR) is 67.0 cm³/mol. The monoisotopic (exact) mass is 254 g/mol. The maximum atomic E-state index is 11.6. The molecule has 0 aliphatic rings. The molecule has 1 atom stereocenters. The summed E-state index contributed by atoms with van der Waals surface area (Å²) in [6.07, 6.45) is 0. The van der Waals surface area contributed by atoms with Crippen molar-refractivity contribution in [2.24, 2.45) is 0 Å². The number of hydrogen-bond donors (Lipinski definition) is 1. The van der Waals surface area contributed by atoms with Crippen LogP contribution in [0.2, 0.25) is 0 Å². The first-order valence-electron chi connectivity index (χ1n) is 5.18. The fraction of sp³-hybridized carbons (Fsp3) is 0.364. The first-order chi connectivity index (χ1) is 8.20. The number of hydrogen-bond acceptors (Lipinski definition) is 5. The van der Waals surface area contributed by atoms with E-state index in [0.717, 1.165) is 0 Å². The van der Waals surface area contributed by atoms with Crippen LogP contribution in [0, 0.1) is 0 Å². The molecule has 0 saturated carbocycles. The van der Waals surface area contributed by atoms with Crippen LogP contribution in [0.5, 0.6) is 0 Å². The predicted octanol–water partition coefficient (Wildman–Crippen LogP) is 1.31. The third kappa shape index (κ3) is 2.83. The molecular formula is C11H14N2O3S. The second kappa shape index (κ2) is 5.29. The Labute approximate surface area is 101 Å². The Kier molecular flexibility index (Phi) is 3.75. The van der Waals surface area contributed by atoms with E-state index < -0.39 is 10.8 Å². The topological polar surface area (TPSA) is 78.3 Å². The number of nitrogens with two attached hydrogens (primary N) is 1. The maximum Gasteiger partial charge on any atom is 0.208 e. The molecule has 0 aliphatic carbocycles. The van der Waals surface area contributed by atoms with E-state index in [9.17, 15) is 4.21 Å². The summed E-state index contributed by atoms with van der Waals surface area (Å²) in [7, 11) is 0.554. The van der Waals surface area contributed by atoms with Gasteiger partial charge in [-0.05, 0) is 12.1 Å². The largest absolute Gasteiger partial charge is 0.440 e. The molecule has 1 heterocycles. The maximum absolute atomic E-state index is 11.6. The fourth-order valence-electron chi connectivity index (χ4n) is 1.46. The number of nitrogens with zero attached hydrogens (tertiary/aromatic N) is 1. The molecule has 1 aromatic heterocycles. The molecule has 92 valence electrons. The molecule has 2 N–H and O–H groups in total. The van der Waals surface area contributed by atoms with Crippen LogP contribution in [-0.2, 0) is 21.3 Å². The molecule has 0 radical (unpaired) electrons. The minimum atomic E-state index is -1.03. The van der Waals surface area contributed by atoms with Gasteiger partial charge in [-0.3, -0.25) is 4.21 Å². The lowest BCUT2D eigenvalue weighted by molar-refractivity contribution is 0.218. The van der Waals surface area contributed by atoms with E-state index in [1.54, 1.807) is 25.3 Å². The fourth-order valence-corrected chi connectivity index (χ4v) is 2.36. The Bertz CT molecular complexity index is 538. The summed E-state index contributed by atoms with van der Waals surface area (Å²) in [5.74, 6) is 1.22. The van der Waals surface area contributed by atoms with Crippen molar-refractivity contribution in [3.05, 3.63) is 24.1 Å².